The average Bonchev–Trinajstić information content (AvgIpc) is 3.00. The van der Waals surface area contributed by atoms with Crippen molar-refractivity contribution in [2.24, 2.45) is 0 Å². The monoisotopic (exact) mass is 407 g/mol. The summed E-state index contributed by atoms with van der Waals surface area (Å²) in [5.74, 6) is -0.676. The van der Waals surface area contributed by atoms with Crippen molar-refractivity contribution >= 4 is 46.2 Å². The zero-order valence-corrected chi connectivity index (χ0v) is 15.7. The Hall–Kier alpha value is -2.38. The third-order valence-corrected chi connectivity index (χ3v) is 4.95. The van der Waals surface area contributed by atoms with Crippen LogP contribution in [0.1, 0.15) is 27.0 Å². The van der Waals surface area contributed by atoms with Crippen LogP contribution in [0, 0.1) is 0 Å². The number of ether oxygens (including phenoxy) is 1. The van der Waals surface area contributed by atoms with Gasteiger partial charge in [-0.05, 0) is 35.9 Å². The van der Waals surface area contributed by atoms with Crippen LogP contribution in [0.15, 0.2) is 30.3 Å². The van der Waals surface area contributed by atoms with Crippen LogP contribution in [0.25, 0.3) is 5.57 Å². The second kappa shape index (κ2) is 7.70. The molecule has 0 saturated heterocycles. The maximum atomic E-state index is 12.8. The fraction of sp³-hybridized carbons (Fsp3) is 0.158. The third kappa shape index (κ3) is 3.33. The van der Waals surface area contributed by atoms with Gasteiger partial charge in [-0.15, -0.1) is 0 Å². The predicted octanol–water partition coefficient (Wildman–Crippen LogP) is 3.21. The molecule has 27 heavy (non-hydrogen) atoms. The number of hydrogen-bond acceptors (Lipinski definition) is 5. The molecule has 6 nitrogen and oxygen atoms in total. The molecule has 0 spiro atoms. The van der Waals surface area contributed by atoms with Gasteiger partial charge in [0.15, 0.2) is 5.78 Å². The number of nitrogens with one attached hydrogen (secondary N) is 1. The second-order valence-corrected chi connectivity index (χ2v) is 6.56. The lowest BCUT2D eigenvalue weighted by Gasteiger charge is -2.14. The summed E-state index contributed by atoms with van der Waals surface area (Å²) >= 11 is 12.3. The van der Waals surface area contributed by atoms with Gasteiger partial charge >= 0.3 is 0 Å². The molecule has 1 heterocycles. The molecule has 1 aliphatic rings. The Labute approximate surface area is 165 Å². The Morgan fingerprint density at radius 2 is 1.78 bits per heavy atom. The van der Waals surface area contributed by atoms with E-state index >= 15 is 0 Å². The Bertz CT molecular complexity index is 985. The van der Waals surface area contributed by atoms with Crippen LogP contribution in [0.2, 0.25) is 10.0 Å². The number of aliphatic hydroxyl groups excluding tert-OH is 2. The van der Waals surface area contributed by atoms with Crippen LogP contribution in [0.3, 0.4) is 0 Å². The van der Waals surface area contributed by atoms with Crippen molar-refractivity contribution in [3.8, 4) is 5.75 Å². The third-order valence-electron chi connectivity index (χ3n) is 4.32. The molecule has 1 amide bonds. The summed E-state index contributed by atoms with van der Waals surface area (Å²) in [6.07, 6.45) is 1.14. The quantitative estimate of drug-likeness (QED) is 0.522. The van der Waals surface area contributed by atoms with E-state index in [1.165, 1.54) is 25.3 Å². The summed E-state index contributed by atoms with van der Waals surface area (Å²) in [7, 11) is 1.42. The lowest BCUT2D eigenvalue weighted by molar-refractivity contribution is -0.110. The van der Waals surface area contributed by atoms with Gasteiger partial charge in [0.05, 0.1) is 41.6 Å². The number of amides is 1. The maximum absolute atomic E-state index is 12.8. The Morgan fingerprint density at radius 3 is 2.41 bits per heavy atom. The van der Waals surface area contributed by atoms with Gasteiger partial charge in [-0.1, -0.05) is 23.2 Å². The van der Waals surface area contributed by atoms with Gasteiger partial charge < -0.3 is 20.3 Å². The van der Waals surface area contributed by atoms with E-state index in [4.69, 9.17) is 27.9 Å². The minimum absolute atomic E-state index is 0.0766. The number of carbonyl (C=O) groups is 2. The largest absolute Gasteiger partial charge is 0.496 e. The van der Waals surface area contributed by atoms with E-state index in [9.17, 15) is 19.8 Å². The summed E-state index contributed by atoms with van der Waals surface area (Å²) in [4.78, 5) is 25.2. The van der Waals surface area contributed by atoms with Crippen molar-refractivity contribution in [2.45, 2.75) is 13.2 Å². The summed E-state index contributed by atoms with van der Waals surface area (Å²) in [6, 6.07) is 6.07. The van der Waals surface area contributed by atoms with Gasteiger partial charge in [0.2, 0.25) is 0 Å². The van der Waals surface area contributed by atoms with Crippen LogP contribution in [-0.4, -0.2) is 29.0 Å². The number of aliphatic hydroxyl groups is 2. The normalized spacial score (nSPS) is 14.3. The number of anilines is 1. The molecule has 0 aromatic heterocycles. The highest BCUT2D eigenvalue weighted by Crippen LogP contribution is 2.42. The van der Waals surface area contributed by atoms with E-state index in [2.05, 4.69) is 5.32 Å². The van der Waals surface area contributed by atoms with Gasteiger partial charge in [0.1, 0.15) is 5.75 Å². The molecular formula is C19H15Cl2NO5. The SMILES string of the molecule is COc1ccc(C(=O)C=C2C(=O)Nc3c(Cl)ccc(Cl)c32)c(CO)c1CO. The molecule has 0 radical (unpaired) electrons. The number of fused-ring (bicyclic) bond motifs is 1. The number of rotatable bonds is 5. The van der Waals surface area contributed by atoms with Crippen molar-refractivity contribution in [2.75, 3.05) is 12.4 Å². The average molecular weight is 408 g/mol. The lowest BCUT2D eigenvalue weighted by Crippen LogP contribution is -2.09. The van der Waals surface area contributed by atoms with Crippen LogP contribution in [-0.2, 0) is 18.0 Å². The van der Waals surface area contributed by atoms with E-state index in [0.717, 1.165) is 6.08 Å². The number of methoxy groups -OCH3 is 1. The van der Waals surface area contributed by atoms with E-state index in [1.54, 1.807) is 6.07 Å². The van der Waals surface area contributed by atoms with Gasteiger partial charge in [-0.25, -0.2) is 0 Å². The molecule has 2 aromatic carbocycles. The van der Waals surface area contributed by atoms with Crippen LogP contribution in [0.5, 0.6) is 5.75 Å². The summed E-state index contributed by atoms with van der Waals surface area (Å²) in [5.41, 5.74) is 1.46. The highest BCUT2D eigenvalue weighted by Gasteiger charge is 2.30. The maximum Gasteiger partial charge on any atom is 0.256 e. The van der Waals surface area contributed by atoms with E-state index in [1.807, 2.05) is 0 Å². The molecule has 0 aliphatic carbocycles. The van der Waals surface area contributed by atoms with Crippen LogP contribution < -0.4 is 10.1 Å². The summed E-state index contributed by atoms with van der Waals surface area (Å²) < 4.78 is 5.15. The van der Waals surface area contributed by atoms with E-state index in [-0.39, 0.29) is 21.7 Å². The molecule has 8 heteroatoms. The number of carbonyl (C=O) groups excluding carboxylic acids is 2. The predicted molar refractivity (Wildman–Crippen MR) is 102 cm³/mol. The lowest BCUT2D eigenvalue weighted by atomic mass is 9.95. The minimum atomic E-state index is -0.523. The van der Waals surface area contributed by atoms with E-state index in [0.29, 0.717) is 27.6 Å². The Balaban J connectivity index is 2.12. The van der Waals surface area contributed by atoms with Gasteiger partial charge in [0.25, 0.3) is 5.91 Å². The van der Waals surface area contributed by atoms with Gasteiger partial charge in [0, 0.05) is 16.7 Å². The number of hydrogen-bond donors (Lipinski definition) is 3. The molecule has 140 valence electrons. The number of allylic oxidation sites excluding steroid dienone is 1. The van der Waals surface area contributed by atoms with Crippen molar-refractivity contribution in [1.29, 1.82) is 0 Å². The first-order chi connectivity index (χ1) is 12.9. The Kier molecular flexibility index (Phi) is 5.53. The highest BCUT2D eigenvalue weighted by molar-refractivity contribution is 6.45. The Morgan fingerprint density at radius 1 is 1.11 bits per heavy atom. The van der Waals surface area contributed by atoms with Crippen molar-refractivity contribution < 1.29 is 24.5 Å². The summed E-state index contributed by atoms with van der Waals surface area (Å²) in [5, 5.41) is 22.5. The molecular weight excluding hydrogens is 393 g/mol. The van der Waals surface area contributed by atoms with Crippen LogP contribution >= 0.6 is 23.2 Å². The highest BCUT2D eigenvalue weighted by atomic mass is 35.5. The number of benzene rings is 2. The van der Waals surface area contributed by atoms with Crippen molar-refractivity contribution in [1.82, 2.24) is 0 Å². The standard InChI is InChI=1S/C19H15Cl2NO5/c1-27-16-5-2-9(11(7-23)12(16)8-24)15(25)6-10-17-13(20)3-4-14(21)18(17)22-19(10)26/h2-6,23-24H,7-8H2,1H3,(H,22,26). The first kappa shape index (κ1) is 19.4. The first-order valence-corrected chi connectivity index (χ1v) is 8.64. The fourth-order valence-corrected chi connectivity index (χ4v) is 3.49. The minimum Gasteiger partial charge on any atom is -0.496 e. The first-order valence-electron chi connectivity index (χ1n) is 7.89. The molecule has 3 rings (SSSR count). The van der Waals surface area contributed by atoms with Crippen molar-refractivity contribution in [3.63, 3.8) is 0 Å². The molecule has 0 saturated carbocycles. The zero-order valence-electron chi connectivity index (χ0n) is 14.2. The topological polar surface area (TPSA) is 95.9 Å². The molecule has 2 aromatic rings. The second-order valence-electron chi connectivity index (χ2n) is 5.74. The van der Waals surface area contributed by atoms with Gasteiger partial charge in [-0.3, -0.25) is 9.59 Å². The summed E-state index contributed by atoms with van der Waals surface area (Å²) in [6.45, 7) is -0.895. The van der Waals surface area contributed by atoms with Crippen LogP contribution in [0.4, 0.5) is 5.69 Å². The molecule has 0 bridgehead atoms. The zero-order chi connectivity index (χ0) is 19.7. The molecule has 0 unspecified atom stereocenters. The van der Waals surface area contributed by atoms with E-state index < -0.39 is 24.9 Å². The molecule has 1 aliphatic heterocycles. The molecule has 0 fully saturated rings. The fourth-order valence-electron chi connectivity index (χ4n) is 3.03. The number of halogens is 2. The molecule has 3 N–H and O–H groups in total. The van der Waals surface area contributed by atoms with Gasteiger partial charge in [-0.2, -0.15) is 0 Å². The smallest absolute Gasteiger partial charge is 0.256 e. The molecule has 0 atom stereocenters. The van der Waals surface area contributed by atoms with Crippen molar-refractivity contribution in [3.05, 3.63) is 62.6 Å². The number of ketones is 1.